The van der Waals surface area contributed by atoms with E-state index in [2.05, 4.69) is 60.5 Å². The molecule has 2 aromatic heterocycles. The van der Waals surface area contributed by atoms with Crippen molar-refractivity contribution in [1.82, 2.24) is 9.97 Å². The number of benzene rings is 1. The molecule has 0 saturated heterocycles. The van der Waals surface area contributed by atoms with Gasteiger partial charge >= 0.3 is 0 Å². The van der Waals surface area contributed by atoms with Crippen LogP contribution in [-0.2, 0) is 6.42 Å². The predicted octanol–water partition coefficient (Wildman–Crippen LogP) is 4.78. The topological polar surface area (TPSA) is 37.8 Å². The van der Waals surface area contributed by atoms with E-state index < -0.39 is 0 Å². The maximum atomic E-state index is 4.71. The molecule has 0 aliphatic heterocycles. The number of hydrogen-bond acceptors (Lipinski definition) is 4. The molecular weight excluding hydrogens is 302 g/mol. The Balaban J connectivity index is 1.50. The fourth-order valence-electron chi connectivity index (χ4n) is 3.19. The summed E-state index contributed by atoms with van der Waals surface area (Å²) >= 11 is 1.75. The van der Waals surface area contributed by atoms with Crippen LogP contribution in [0.2, 0.25) is 0 Å². The quantitative estimate of drug-likeness (QED) is 0.734. The van der Waals surface area contributed by atoms with Gasteiger partial charge in [0.1, 0.15) is 16.5 Å². The second-order valence-corrected chi connectivity index (χ2v) is 7.55. The predicted molar refractivity (Wildman–Crippen MR) is 97.3 cm³/mol. The first-order chi connectivity index (χ1) is 11.2. The van der Waals surface area contributed by atoms with Crippen LogP contribution >= 0.6 is 11.3 Å². The standard InChI is InChI=1S/C19H21N3S/c1-3-17-21-18(16-9-12(2)23-19(16)22-17)20-11-14-10-15(14)13-7-5-4-6-8-13/h4-9,14-15H,3,10-11H2,1-2H3,(H,20,21,22)/t14-,15-/m0/s1. The fraction of sp³-hybridized carbons (Fsp3) is 0.368. The molecule has 0 amide bonds. The Labute approximate surface area is 140 Å². The zero-order chi connectivity index (χ0) is 15.8. The molecule has 1 aromatic carbocycles. The summed E-state index contributed by atoms with van der Waals surface area (Å²) in [6.45, 7) is 5.23. The molecular formula is C19H21N3S. The Kier molecular flexibility index (Phi) is 3.77. The van der Waals surface area contributed by atoms with Gasteiger partial charge in [-0.2, -0.15) is 0 Å². The average Bonchev–Trinajstić information content (AvgIpc) is 3.26. The lowest BCUT2D eigenvalue weighted by atomic mass is 10.1. The van der Waals surface area contributed by atoms with Crippen LogP contribution in [-0.4, -0.2) is 16.5 Å². The number of hydrogen-bond donors (Lipinski definition) is 1. The zero-order valence-electron chi connectivity index (χ0n) is 13.5. The smallest absolute Gasteiger partial charge is 0.138 e. The SMILES string of the molecule is CCc1nc(NC[C@@H]2C[C@H]2c2ccccc2)c2cc(C)sc2n1. The van der Waals surface area contributed by atoms with Crippen LogP contribution in [0.25, 0.3) is 10.2 Å². The second kappa shape index (κ2) is 5.93. The highest BCUT2D eigenvalue weighted by atomic mass is 32.1. The van der Waals surface area contributed by atoms with Gasteiger partial charge in [0.2, 0.25) is 0 Å². The van der Waals surface area contributed by atoms with Crippen LogP contribution in [0.4, 0.5) is 5.82 Å². The Morgan fingerprint density at radius 2 is 2.04 bits per heavy atom. The molecule has 2 atom stereocenters. The molecule has 3 nitrogen and oxygen atoms in total. The van der Waals surface area contributed by atoms with Gasteiger partial charge < -0.3 is 5.32 Å². The van der Waals surface area contributed by atoms with Crippen molar-refractivity contribution in [3.8, 4) is 0 Å². The summed E-state index contributed by atoms with van der Waals surface area (Å²) in [5.74, 6) is 3.36. The number of thiophene rings is 1. The largest absolute Gasteiger partial charge is 0.369 e. The van der Waals surface area contributed by atoms with Gasteiger partial charge in [0.05, 0.1) is 5.39 Å². The van der Waals surface area contributed by atoms with E-state index in [9.17, 15) is 0 Å². The van der Waals surface area contributed by atoms with Crippen molar-refractivity contribution in [2.24, 2.45) is 5.92 Å². The molecule has 1 aliphatic carbocycles. The number of fused-ring (bicyclic) bond motifs is 1. The van der Waals surface area contributed by atoms with Gasteiger partial charge in [0.15, 0.2) is 0 Å². The van der Waals surface area contributed by atoms with Crippen LogP contribution in [0.5, 0.6) is 0 Å². The first-order valence-corrected chi connectivity index (χ1v) is 9.12. The Morgan fingerprint density at radius 3 is 2.83 bits per heavy atom. The summed E-state index contributed by atoms with van der Waals surface area (Å²) in [5.41, 5.74) is 1.47. The van der Waals surface area contributed by atoms with Crippen molar-refractivity contribution in [1.29, 1.82) is 0 Å². The van der Waals surface area contributed by atoms with Gasteiger partial charge in [0, 0.05) is 17.8 Å². The number of nitrogens with one attached hydrogen (secondary N) is 1. The van der Waals surface area contributed by atoms with Crippen LogP contribution < -0.4 is 5.32 Å². The Morgan fingerprint density at radius 1 is 1.22 bits per heavy atom. The fourth-order valence-corrected chi connectivity index (χ4v) is 4.09. The molecule has 0 unspecified atom stereocenters. The zero-order valence-corrected chi connectivity index (χ0v) is 14.4. The maximum Gasteiger partial charge on any atom is 0.138 e. The number of aromatic nitrogens is 2. The highest BCUT2D eigenvalue weighted by Gasteiger charge is 2.37. The van der Waals surface area contributed by atoms with Crippen molar-refractivity contribution in [2.45, 2.75) is 32.6 Å². The molecule has 1 N–H and O–H groups in total. The van der Waals surface area contributed by atoms with Gasteiger partial charge in [0.25, 0.3) is 0 Å². The van der Waals surface area contributed by atoms with Crippen molar-refractivity contribution >= 4 is 27.4 Å². The summed E-state index contributed by atoms with van der Waals surface area (Å²) in [5, 5.41) is 4.76. The monoisotopic (exact) mass is 323 g/mol. The van der Waals surface area contributed by atoms with E-state index in [1.54, 1.807) is 11.3 Å². The van der Waals surface area contributed by atoms with Crippen LogP contribution in [0.1, 0.15) is 35.5 Å². The second-order valence-electron chi connectivity index (χ2n) is 6.31. The summed E-state index contributed by atoms with van der Waals surface area (Å²) in [6, 6.07) is 13.0. The molecule has 23 heavy (non-hydrogen) atoms. The summed E-state index contributed by atoms with van der Waals surface area (Å²) in [6.07, 6.45) is 2.15. The van der Waals surface area contributed by atoms with E-state index in [0.717, 1.165) is 29.4 Å². The summed E-state index contributed by atoms with van der Waals surface area (Å²) in [4.78, 5) is 11.8. The molecule has 3 aromatic rings. The molecule has 1 fully saturated rings. The van der Waals surface area contributed by atoms with E-state index in [1.165, 1.54) is 22.2 Å². The Bertz CT molecular complexity index is 825. The minimum Gasteiger partial charge on any atom is -0.369 e. The third-order valence-corrected chi connectivity index (χ3v) is 5.50. The summed E-state index contributed by atoms with van der Waals surface area (Å²) in [7, 11) is 0. The minimum absolute atomic E-state index is 0.705. The molecule has 118 valence electrons. The Hall–Kier alpha value is -1.94. The highest BCUT2D eigenvalue weighted by Crippen LogP contribution is 2.47. The first-order valence-electron chi connectivity index (χ1n) is 8.30. The van der Waals surface area contributed by atoms with E-state index in [-0.39, 0.29) is 0 Å². The number of nitrogens with zero attached hydrogens (tertiary/aromatic N) is 2. The molecule has 1 aliphatic rings. The molecule has 4 heteroatoms. The van der Waals surface area contributed by atoms with E-state index in [1.807, 2.05) is 0 Å². The number of aryl methyl sites for hydroxylation is 2. The number of anilines is 1. The first kappa shape index (κ1) is 14.6. The van der Waals surface area contributed by atoms with E-state index in [4.69, 9.17) is 4.98 Å². The highest BCUT2D eigenvalue weighted by molar-refractivity contribution is 7.18. The lowest BCUT2D eigenvalue weighted by Gasteiger charge is -2.08. The van der Waals surface area contributed by atoms with Crippen molar-refractivity contribution in [3.63, 3.8) is 0 Å². The van der Waals surface area contributed by atoms with Gasteiger partial charge in [-0.05, 0) is 36.8 Å². The maximum absolute atomic E-state index is 4.71. The molecule has 0 bridgehead atoms. The van der Waals surface area contributed by atoms with E-state index in [0.29, 0.717) is 11.8 Å². The number of rotatable bonds is 5. The van der Waals surface area contributed by atoms with Gasteiger partial charge in [-0.15, -0.1) is 11.3 Å². The van der Waals surface area contributed by atoms with Gasteiger partial charge in [-0.1, -0.05) is 37.3 Å². The van der Waals surface area contributed by atoms with Crippen molar-refractivity contribution in [3.05, 3.63) is 52.7 Å². The third-order valence-electron chi connectivity index (χ3n) is 4.56. The van der Waals surface area contributed by atoms with Gasteiger partial charge in [-0.3, -0.25) is 0 Å². The summed E-state index contributed by atoms with van der Waals surface area (Å²) < 4.78 is 0. The van der Waals surface area contributed by atoms with Crippen molar-refractivity contribution < 1.29 is 0 Å². The average molecular weight is 323 g/mol. The van der Waals surface area contributed by atoms with Crippen LogP contribution in [0.15, 0.2) is 36.4 Å². The van der Waals surface area contributed by atoms with Gasteiger partial charge in [-0.25, -0.2) is 9.97 Å². The minimum atomic E-state index is 0.705. The van der Waals surface area contributed by atoms with E-state index >= 15 is 0 Å². The van der Waals surface area contributed by atoms with Crippen LogP contribution in [0.3, 0.4) is 0 Å². The third kappa shape index (κ3) is 2.95. The lowest BCUT2D eigenvalue weighted by molar-refractivity contribution is 0.837. The lowest BCUT2D eigenvalue weighted by Crippen LogP contribution is -2.08. The van der Waals surface area contributed by atoms with Crippen LogP contribution in [0, 0.1) is 12.8 Å². The molecule has 2 heterocycles. The molecule has 4 rings (SSSR count). The molecule has 0 spiro atoms. The molecule has 0 radical (unpaired) electrons. The normalized spacial score (nSPS) is 19.9. The molecule has 1 saturated carbocycles. The van der Waals surface area contributed by atoms with Crippen molar-refractivity contribution in [2.75, 3.05) is 11.9 Å².